The van der Waals surface area contributed by atoms with E-state index < -0.39 is 12.0 Å². The molecule has 3 atom stereocenters. The number of benzene rings is 2. The van der Waals surface area contributed by atoms with Crippen LogP contribution in [0.2, 0.25) is 5.02 Å². The van der Waals surface area contributed by atoms with Crippen molar-refractivity contribution < 1.29 is 19.4 Å². The minimum Gasteiger partial charge on any atom is -0.489 e. The van der Waals surface area contributed by atoms with Crippen molar-refractivity contribution in [3.05, 3.63) is 64.2 Å². The number of nitrogens with zero attached hydrogens (tertiary/aromatic N) is 1. The molecule has 0 aromatic heterocycles. The first-order valence-electron chi connectivity index (χ1n) is 11.7. The Morgan fingerprint density at radius 1 is 1.27 bits per heavy atom. The van der Waals surface area contributed by atoms with E-state index in [9.17, 15) is 9.90 Å². The minimum atomic E-state index is -0.780. The fourth-order valence-corrected chi connectivity index (χ4v) is 5.09. The third kappa shape index (κ3) is 5.87. The normalized spacial score (nSPS) is 23.7. The summed E-state index contributed by atoms with van der Waals surface area (Å²) in [5, 5.41) is 13.3. The molecule has 2 aromatic carbocycles. The van der Waals surface area contributed by atoms with Gasteiger partial charge in [-0.05, 0) is 54.6 Å². The zero-order valence-corrected chi connectivity index (χ0v) is 20.1. The molecule has 7 heteroatoms. The summed E-state index contributed by atoms with van der Waals surface area (Å²) in [6, 6.07) is 13.5. The van der Waals surface area contributed by atoms with E-state index in [1.807, 2.05) is 36.4 Å². The number of hydrogen-bond acceptors (Lipinski definition) is 5. The topological polar surface area (TPSA) is 71.0 Å². The SMILES string of the molecule is CC(C)Cc1cccc(Cl)c1COc1ccc(C2CN(C3CCN[C@@H]3C(=O)O)CCO2)cc1. The Morgan fingerprint density at radius 2 is 2.06 bits per heavy atom. The van der Waals surface area contributed by atoms with Gasteiger partial charge in [0.15, 0.2) is 0 Å². The summed E-state index contributed by atoms with van der Waals surface area (Å²) in [5.41, 5.74) is 3.34. The quantitative estimate of drug-likeness (QED) is 0.596. The van der Waals surface area contributed by atoms with Gasteiger partial charge in [0.05, 0.1) is 12.7 Å². The Balaban J connectivity index is 1.38. The van der Waals surface area contributed by atoms with E-state index in [4.69, 9.17) is 21.1 Å². The van der Waals surface area contributed by atoms with Crippen molar-refractivity contribution in [1.29, 1.82) is 0 Å². The molecule has 2 aliphatic heterocycles. The van der Waals surface area contributed by atoms with E-state index in [2.05, 4.69) is 30.1 Å². The maximum Gasteiger partial charge on any atom is 0.322 e. The van der Waals surface area contributed by atoms with Crippen molar-refractivity contribution in [2.24, 2.45) is 5.92 Å². The number of halogens is 1. The van der Waals surface area contributed by atoms with Gasteiger partial charge >= 0.3 is 5.97 Å². The fraction of sp³-hybridized carbons (Fsp3) is 0.500. The maximum absolute atomic E-state index is 11.6. The van der Waals surface area contributed by atoms with Crippen molar-refractivity contribution in [2.45, 2.75) is 51.5 Å². The van der Waals surface area contributed by atoms with Gasteiger partial charge in [0.2, 0.25) is 0 Å². The number of carboxylic acids is 1. The third-order valence-electron chi connectivity index (χ3n) is 6.50. The molecule has 178 valence electrons. The zero-order valence-electron chi connectivity index (χ0n) is 19.3. The molecule has 2 heterocycles. The summed E-state index contributed by atoms with van der Waals surface area (Å²) < 4.78 is 12.1. The first-order valence-corrected chi connectivity index (χ1v) is 12.1. The molecule has 0 saturated carbocycles. The lowest BCUT2D eigenvalue weighted by atomic mass is 9.98. The molecule has 0 aliphatic carbocycles. The third-order valence-corrected chi connectivity index (χ3v) is 6.86. The lowest BCUT2D eigenvalue weighted by molar-refractivity contribution is -0.141. The van der Waals surface area contributed by atoms with Crippen LogP contribution in [0.4, 0.5) is 0 Å². The molecule has 2 aromatic rings. The van der Waals surface area contributed by atoms with E-state index in [1.165, 1.54) is 5.56 Å². The molecular formula is C26H33ClN2O4. The highest BCUT2D eigenvalue weighted by atomic mass is 35.5. The second-order valence-corrected chi connectivity index (χ2v) is 9.72. The van der Waals surface area contributed by atoms with Crippen LogP contribution in [0.15, 0.2) is 42.5 Å². The van der Waals surface area contributed by atoms with Crippen molar-refractivity contribution in [1.82, 2.24) is 10.2 Å². The monoisotopic (exact) mass is 472 g/mol. The Morgan fingerprint density at radius 3 is 2.79 bits per heavy atom. The highest BCUT2D eigenvalue weighted by molar-refractivity contribution is 6.31. The van der Waals surface area contributed by atoms with Crippen molar-refractivity contribution in [3.8, 4) is 5.75 Å². The summed E-state index contributed by atoms with van der Waals surface area (Å²) in [7, 11) is 0. The number of morpholine rings is 1. The molecule has 4 rings (SSSR count). The van der Waals surface area contributed by atoms with Crippen LogP contribution in [-0.2, 0) is 22.6 Å². The summed E-state index contributed by atoms with van der Waals surface area (Å²) >= 11 is 6.46. The number of hydrogen-bond donors (Lipinski definition) is 2. The van der Waals surface area contributed by atoms with Gasteiger partial charge in [-0.25, -0.2) is 0 Å². The van der Waals surface area contributed by atoms with E-state index in [0.717, 1.165) is 47.8 Å². The number of rotatable bonds is 8. The first kappa shape index (κ1) is 24.0. The van der Waals surface area contributed by atoms with E-state index in [1.54, 1.807) is 0 Å². The van der Waals surface area contributed by atoms with Crippen LogP contribution in [0.1, 0.15) is 43.1 Å². The highest BCUT2D eigenvalue weighted by Crippen LogP contribution is 2.29. The summed E-state index contributed by atoms with van der Waals surface area (Å²) in [5.74, 6) is 0.548. The molecule has 2 saturated heterocycles. The number of carboxylic acid groups (broad SMARTS) is 1. The Hall–Kier alpha value is -2.12. The molecule has 2 fully saturated rings. The number of carbonyl (C=O) groups is 1. The first-order chi connectivity index (χ1) is 15.9. The second kappa shape index (κ2) is 10.9. The van der Waals surface area contributed by atoms with E-state index >= 15 is 0 Å². The molecule has 2 aliphatic rings. The Kier molecular flexibility index (Phi) is 7.91. The standard InChI is InChI=1S/C26H33ClN2O4/c1-17(2)14-19-4-3-5-22(27)21(19)16-33-20-8-6-18(7-9-20)24-15-29(12-13-32-24)23-10-11-28-25(23)26(30)31/h3-9,17,23-25,28H,10-16H2,1-2H3,(H,30,31)/t23?,24?,25-/m0/s1. The van der Waals surface area contributed by atoms with Gasteiger partial charge in [0.1, 0.15) is 18.4 Å². The molecule has 0 amide bonds. The number of ether oxygens (including phenoxy) is 2. The molecule has 0 bridgehead atoms. The van der Waals surface area contributed by atoms with Gasteiger partial charge in [-0.1, -0.05) is 49.7 Å². The van der Waals surface area contributed by atoms with Crippen LogP contribution in [0.3, 0.4) is 0 Å². The van der Waals surface area contributed by atoms with Crippen LogP contribution in [0.5, 0.6) is 5.75 Å². The van der Waals surface area contributed by atoms with Crippen LogP contribution >= 0.6 is 11.6 Å². The largest absolute Gasteiger partial charge is 0.489 e. The van der Waals surface area contributed by atoms with Gasteiger partial charge in [0, 0.05) is 29.7 Å². The predicted octanol–water partition coefficient (Wildman–Crippen LogP) is 4.31. The van der Waals surface area contributed by atoms with Crippen LogP contribution in [0.25, 0.3) is 0 Å². The van der Waals surface area contributed by atoms with E-state index in [-0.39, 0.29) is 12.1 Å². The van der Waals surface area contributed by atoms with Gasteiger partial charge in [0.25, 0.3) is 0 Å². The summed E-state index contributed by atoms with van der Waals surface area (Å²) in [6.45, 7) is 7.60. The highest BCUT2D eigenvalue weighted by Gasteiger charge is 2.38. The maximum atomic E-state index is 11.6. The second-order valence-electron chi connectivity index (χ2n) is 9.31. The van der Waals surface area contributed by atoms with Crippen LogP contribution in [-0.4, -0.2) is 54.3 Å². The molecule has 2 unspecified atom stereocenters. The molecule has 2 N–H and O–H groups in total. The van der Waals surface area contributed by atoms with Crippen LogP contribution < -0.4 is 10.1 Å². The summed E-state index contributed by atoms with van der Waals surface area (Å²) in [4.78, 5) is 13.8. The van der Waals surface area contributed by atoms with Gasteiger partial charge in [-0.3, -0.25) is 9.69 Å². The van der Waals surface area contributed by atoms with Crippen molar-refractivity contribution in [3.63, 3.8) is 0 Å². The predicted molar refractivity (Wildman–Crippen MR) is 129 cm³/mol. The lowest BCUT2D eigenvalue weighted by Crippen LogP contribution is -2.52. The Labute approximate surface area is 200 Å². The molecule has 0 radical (unpaired) electrons. The molecular weight excluding hydrogens is 440 g/mol. The average molecular weight is 473 g/mol. The molecule has 6 nitrogen and oxygen atoms in total. The van der Waals surface area contributed by atoms with Gasteiger partial charge in [-0.2, -0.15) is 0 Å². The number of aliphatic carboxylic acids is 1. The van der Waals surface area contributed by atoms with Gasteiger partial charge < -0.3 is 19.9 Å². The smallest absolute Gasteiger partial charge is 0.322 e. The lowest BCUT2D eigenvalue weighted by Gasteiger charge is -2.38. The van der Waals surface area contributed by atoms with Crippen LogP contribution in [0, 0.1) is 5.92 Å². The fourth-order valence-electron chi connectivity index (χ4n) is 4.84. The zero-order chi connectivity index (χ0) is 23.4. The molecule has 33 heavy (non-hydrogen) atoms. The molecule has 0 spiro atoms. The van der Waals surface area contributed by atoms with Crippen molar-refractivity contribution >= 4 is 17.6 Å². The van der Waals surface area contributed by atoms with Crippen molar-refractivity contribution in [2.75, 3.05) is 26.2 Å². The Bertz CT molecular complexity index is 950. The summed E-state index contributed by atoms with van der Waals surface area (Å²) in [6.07, 6.45) is 1.73. The number of nitrogens with one attached hydrogen (secondary N) is 1. The van der Waals surface area contributed by atoms with E-state index in [0.29, 0.717) is 25.7 Å². The van der Waals surface area contributed by atoms with Gasteiger partial charge in [-0.15, -0.1) is 0 Å². The average Bonchev–Trinajstić information content (AvgIpc) is 3.29. The minimum absolute atomic E-state index is 0.00663.